The Morgan fingerprint density at radius 3 is 0.674 bits per heavy atom. The van der Waals surface area contributed by atoms with Gasteiger partial charge in [0.25, 0.3) is 0 Å². The fourth-order valence-electron chi connectivity index (χ4n) is 11.0. The number of unbranched alkanes of at least 4 members (excludes halogenated alkanes) is 36. The van der Waals surface area contributed by atoms with E-state index in [0.29, 0.717) is 31.6 Å². The fourth-order valence-corrected chi connectivity index (χ4v) is 12.6. The highest BCUT2D eigenvalue weighted by Gasteiger charge is 2.30. The molecule has 17 nitrogen and oxygen atoms in total. The molecule has 0 heterocycles. The van der Waals surface area contributed by atoms with Gasteiger partial charge in [0.2, 0.25) is 0 Å². The molecule has 5 atom stereocenters. The van der Waals surface area contributed by atoms with E-state index in [0.717, 1.165) is 108 Å². The molecule has 0 radical (unpaired) electrons. The second-order valence-corrected chi connectivity index (χ2v) is 31.1. The minimum absolute atomic E-state index is 0.102. The summed E-state index contributed by atoms with van der Waals surface area (Å²) in [5, 5.41) is 10.6. The number of phosphoric ester groups is 2. The molecule has 0 aliphatic carbocycles. The minimum atomic E-state index is -4.96. The van der Waals surface area contributed by atoms with E-state index in [4.69, 9.17) is 37.0 Å². The van der Waals surface area contributed by atoms with Crippen LogP contribution in [0.25, 0.3) is 0 Å². The van der Waals surface area contributed by atoms with Crippen LogP contribution in [0, 0.1) is 23.7 Å². The van der Waals surface area contributed by atoms with Gasteiger partial charge in [-0.05, 0) is 49.4 Å². The summed E-state index contributed by atoms with van der Waals surface area (Å²) in [6, 6.07) is 0. The van der Waals surface area contributed by atoms with E-state index in [9.17, 15) is 43.2 Å². The highest BCUT2D eigenvalue weighted by Crippen LogP contribution is 2.45. The number of esters is 4. The third-order valence-electron chi connectivity index (χ3n) is 16.8. The van der Waals surface area contributed by atoms with Crippen LogP contribution in [0.4, 0.5) is 0 Å². The normalized spacial score (nSPS) is 14.2. The van der Waals surface area contributed by atoms with Crippen LogP contribution in [0.1, 0.15) is 364 Å². The van der Waals surface area contributed by atoms with E-state index >= 15 is 0 Å². The van der Waals surface area contributed by atoms with Crippen molar-refractivity contribution < 1.29 is 80.2 Å². The minimum Gasteiger partial charge on any atom is -0.462 e. The van der Waals surface area contributed by atoms with Gasteiger partial charge in [-0.15, -0.1) is 0 Å². The van der Waals surface area contributed by atoms with Crippen molar-refractivity contribution in [1.82, 2.24) is 0 Å². The molecule has 0 aliphatic rings. The second-order valence-electron chi connectivity index (χ2n) is 28.2. The molecular formula is C73H142O17P2. The van der Waals surface area contributed by atoms with Gasteiger partial charge in [-0.1, -0.05) is 312 Å². The van der Waals surface area contributed by atoms with Crippen molar-refractivity contribution in [1.29, 1.82) is 0 Å². The quantitative estimate of drug-likeness (QED) is 0.0222. The average Bonchev–Trinajstić information content (AvgIpc) is 2.17. The molecule has 92 heavy (non-hydrogen) atoms. The average molecular weight is 1350 g/mol. The summed E-state index contributed by atoms with van der Waals surface area (Å²) in [6.45, 7) is 14.1. The standard InChI is InChI=1S/C73H142O17P2/c1-63(2)49-41-33-25-18-14-12-10-9-11-13-15-21-31-39-47-55-72(77)89-68(59-83-70(75)53-45-37-29-20-17-16-19-26-34-42-50-64(3)4)61-87-91(79,80)85-57-67(74)58-86-92(81,82)88-62-69(90-73(78)56-48-40-32-24-28-36-44-52-66(7)8)60-84-71(76)54-46-38-30-23-22-27-35-43-51-65(5)6/h63-69,74H,9-62H2,1-8H3,(H,79,80)(H,81,82)/t67?,68-,69-/m1/s1. The Morgan fingerprint density at radius 1 is 0.272 bits per heavy atom. The van der Waals surface area contributed by atoms with Crippen molar-refractivity contribution >= 4 is 39.5 Å². The van der Waals surface area contributed by atoms with Crippen LogP contribution in [-0.2, 0) is 65.4 Å². The van der Waals surface area contributed by atoms with Gasteiger partial charge in [-0.3, -0.25) is 37.3 Å². The highest BCUT2D eigenvalue weighted by molar-refractivity contribution is 7.47. The van der Waals surface area contributed by atoms with E-state index in [1.54, 1.807) is 0 Å². The third kappa shape index (κ3) is 66.7. The summed E-state index contributed by atoms with van der Waals surface area (Å²) in [7, 11) is -9.91. The first-order valence-corrected chi connectivity index (χ1v) is 40.7. The predicted molar refractivity (Wildman–Crippen MR) is 372 cm³/mol. The van der Waals surface area contributed by atoms with Crippen LogP contribution >= 0.6 is 15.6 Å². The van der Waals surface area contributed by atoms with E-state index < -0.39 is 97.5 Å². The van der Waals surface area contributed by atoms with Gasteiger partial charge >= 0.3 is 39.5 Å². The maximum Gasteiger partial charge on any atom is 0.472 e. The van der Waals surface area contributed by atoms with Gasteiger partial charge in [0, 0.05) is 25.7 Å². The topological polar surface area (TPSA) is 237 Å². The summed E-state index contributed by atoms with van der Waals surface area (Å²) >= 11 is 0. The Morgan fingerprint density at radius 2 is 0.457 bits per heavy atom. The predicted octanol–water partition coefficient (Wildman–Crippen LogP) is 20.9. The van der Waals surface area contributed by atoms with E-state index in [1.807, 2.05) is 0 Å². The molecule has 0 aliphatic heterocycles. The molecule has 3 unspecified atom stereocenters. The lowest BCUT2D eigenvalue weighted by molar-refractivity contribution is -0.161. The summed E-state index contributed by atoms with van der Waals surface area (Å²) in [4.78, 5) is 72.6. The zero-order valence-corrected chi connectivity index (χ0v) is 62.0. The van der Waals surface area contributed by atoms with Crippen LogP contribution in [0.5, 0.6) is 0 Å². The smallest absolute Gasteiger partial charge is 0.462 e. The Balaban J connectivity index is 5.23. The Bertz CT molecular complexity index is 1820. The molecule has 546 valence electrons. The number of rotatable bonds is 70. The highest BCUT2D eigenvalue weighted by atomic mass is 31.2. The lowest BCUT2D eigenvalue weighted by Gasteiger charge is -2.21. The molecule has 0 saturated carbocycles. The van der Waals surface area contributed by atoms with E-state index in [1.165, 1.54) is 167 Å². The zero-order chi connectivity index (χ0) is 68.2. The molecule has 0 saturated heterocycles. The van der Waals surface area contributed by atoms with Gasteiger partial charge in [0.05, 0.1) is 26.4 Å². The molecule has 19 heteroatoms. The van der Waals surface area contributed by atoms with Crippen LogP contribution < -0.4 is 0 Å². The van der Waals surface area contributed by atoms with E-state index in [2.05, 4.69) is 55.4 Å². The molecule has 0 rings (SSSR count). The molecule has 0 aromatic carbocycles. The van der Waals surface area contributed by atoms with Gasteiger partial charge < -0.3 is 33.8 Å². The van der Waals surface area contributed by atoms with Gasteiger partial charge in [0.15, 0.2) is 12.2 Å². The number of carbonyl (C=O) groups is 4. The molecule has 0 aromatic rings. The fraction of sp³-hybridized carbons (Fsp3) is 0.945. The first kappa shape index (κ1) is 90.1. The molecule has 3 N–H and O–H groups in total. The summed E-state index contributed by atoms with van der Waals surface area (Å²) in [5.41, 5.74) is 0. The van der Waals surface area contributed by atoms with Crippen molar-refractivity contribution in [2.75, 3.05) is 39.6 Å². The Kier molecular flexibility index (Phi) is 61.3. The van der Waals surface area contributed by atoms with Gasteiger partial charge in [0.1, 0.15) is 19.3 Å². The summed E-state index contributed by atoms with van der Waals surface area (Å²) < 4.78 is 68.4. The first-order valence-electron chi connectivity index (χ1n) is 37.7. The molecular weight excluding hydrogens is 1210 g/mol. The largest absolute Gasteiger partial charge is 0.472 e. The summed E-state index contributed by atoms with van der Waals surface area (Å²) in [6.07, 6.45) is 46.0. The lowest BCUT2D eigenvalue weighted by atomic mass is 10.0. The molecule has 0 bridgehead atoms. The number of aliphatic hydroxyl groups is 1. The number of carbonyl (C=O) groups excluding carboxylic acids is 4. The van der Waals surface area contributed by atoms with Gasteiger partial charge in [-0.2, -0.15) is 0 Å². The van der Waals surface area contributed by atoms with Crippen LogP contribution in [0.2, 0.25) is 0 Å². The van der Waals surface area contributed by atoms with Crippen molar-refractivity contribution in [2.24, 2.45) is 23.7 Å². The number of ether oxygens (including phenoxy) is 4. The van der Waals surface area contributed by atoms with Crippen LogP contribution in [0.3, 0.4) is 0 Å². The summed E-state index contributed by atoms with van der Waals surface area (Å²) in [5.74, 6) is 0.856. The van der Waals surface area contributed by atoms with Crippen molar-refractivity contribution in [3.63, 3.8) is 0 Å². The number of hydrogen-bond acceptors (Lipinski definition) is 15. The molecule has 0 aromatic heterocycles. The molecule has 0 fully saturated rings. The maximum atomic E-state index is 13.1. The maximum absolute atomic E-state index is 13.1. The Hall–Kier alpha value is -1.94. The third-order valence-corrected chi connectivity index (χ3v) is 18.7. The SMILES string of the molecule is CC(C)CCCCCCCCCCCCCCCCCC(=O)O[C@H](COC(=O)CCCCCCCCCCCCC(C)C)COP(=O)(O)OCC(O)COP(=O)(O)OC[C@@H](COC(=O)CCCCCCCCCCC(C)C)OC(=O)CCCCCCCCCC(C)C. The molecule has 0 amide bonds. The van der Waals surface area contributed by atoms with Gasteiger partial charge in [-0.25, -0.2) is 9.13 Å². The van der Waals surface area contributed by atoms with Crippen molar-refractivity contribution in [2.45, 2.75) is 382 Å². The van der Waals surface area contributed by atoms with Crippen LogP contribution in [0.15, 0.2) is 0 Å². The monoisotopic (exact) mass is 1350 g/mol. The first-order chi connectivity index (χ1) is 44.1. The number of hydrogen-bond donors (Lipinski definition) is 3. The second kappa shape index (κ2) is 62.6. The van der Waals surface area contributed by atoms with E-state index in [-0.39, 0.29) is 25.7 Å². The molecule has 0 spiro atoms. The van der Waals surface area contributed by atoms with Crippen molar-refractivity contribution in [3.8, 4) is 0 Å². The Labute approximate surface area is 562 Å². The number of aliphatic hydroxyl groups excluding tert-OH is 1. The number of phosphoric acid groups is 2. The van der Waals surface area contributed by atoms with Crippen LogP contribution in [-0.4, -0.2) is 96.7 Å². The van der Waals surface area contributed by atoms with Crippen molar-refractivity contribution in [3.05, 3.63) is 0 Å². The lowest BCUT2D eigenvalue weighted by Crippen LogP contribution is -2.30. The zero-order valence-electron chi connectivity index (χ0n) is 60.2.